The van der Waals surface area contributed by atoms with Crippen LogP contribution < -0.4 is 5.32 Å². The van der Waals surface area contributed by atoms with Crippen LogP contribution in [0.4, 0.5) is 0 Å². The number of methoxy groups -OCH3 is 1. The highest BCUT2D eigenvalue weighted by Gasteiger charge is 2.18. The SMILES string of the molecule is COCCOC(=O)CCNCCCN1CCCC1=O. The Morgan fingerprint density at radius 3 is 2.89 bits per heavy atom. The molecule has 0 radical (unpaired) electrons. The third-order valence-electron chi connectivity index (χ3n) is 3.01. The summed E-state index contributed by atoms with van der Waals surface area (Å²) < 4.78 is 9.71. The van der Waals surface area contributed by atoms with Crippen LogP contribution in [0.1, 0.15) is 25.7 Å². The van der Waals surface area contributed by atoms with Gasteiger partial charge in [-0.05, 0) is 19.4 Å². The first-order valence-electron chi connectivity index (χ1n) is 6.87. The van der Waals surface area contributed by atoms with Gasteiger partial charge in [0.2, 0.25) is 5.91 Å². The zero-order valence-electron chi connectivity index (χ0n) is 11.7. The number of carbonyl (C=O) groups is 2. The predicted octanol–water partition coefficient (Wildman–Crippen LogP) is 0.168. The lowest BCUT2D eigenvalue weighted by Gasteiger charge is -2.15. The smallest absolute Gasteiger partial charge is 0.307 e. The first-order valence-corrected chi connectivity index (χ1v) is 6.87. The molecule has 1 aliphatic rings. The molecule has 6 nitrogen and oxygen atoms in total. The Labute approximate surface area is 114 Å². The number of esters is 1. The van der Waals surface area contributed by atoms with Crippen molar-refractivity contribution in [3.05, 3.63) is 0 Å². The van der Waals surface area contributed by atoms with E-state index < -0.39 is 0 Å². The van der Waals surface area contributed by atoms with Crippen LogP contribution >= 0.6 is 0 Å². The summed E-state index contributed by atoms with van der Waals surface area (Å²) in [5.74, 6) is 0.0565. The third kappa shape index (κ3) is 7.12. The first-order chi connectivity index (χ1) is 9.24. The number of amides is 1. The molecule has 0 bridgehead atoms. The van der Waals surface area contributed by atoms with Crippen molar-refractivity contribution in [1.29, 1.82) is 0 Å². The molecular weight excluding hydrogens is 248 g/mol. The molecule has 1 aliphatic heterocycles. The summed E-state index contributed by atoms with van der Waals surface area (Å²) in [5, 5.41) is 3.18. The number of rotatable bonds is 10. The van der Waals surface area contributed by atoms with E-state index in [2.05, 4.69) is 5.32 Å². The van der Waals surface area contributed by atoms with Crippen molar-refractivity contribution in [1.82, 2.24) is 10.2 Å². The highest BCUT2D eigenvalue weighted by Crippen LogP contribution is 2.09. The number of likely N-dealkylation sites (tertiary alicyclic amines) is 1. The molecule has 0 aromatic rings. The van der Waals surface area contributed by atoms with Crippen molar-refractivity contribution >= 4 is 11.9 Å². The Morgan fingerprint density at radius 1 is 1.37 bits per heavy atom. The van der Waals surface area contributed by atoms with Crippen LogP contribution in [-0.4, -0.2) is 63.3 Å². The molecule has 6 heteroatoms. The molecular formula is C13H24N2O4. The number of hydrogen-bond donors (Lipinski definition) is 1. The van der Waals surface area contributed by atoms with Gasteiger partial charge in [0, 0.05) is 33.2 Å². The fraction of sp³-hybridized carbons (Fsp3) is 0.846. The van der Waals surface area contributed by atoms with Crippen molar-refractivity contribution in [2.75, 3.05) is 46.5 Å². The molecule has 1 fully saturated rings. The summed E-state index contributed by atoms with van der Waals surface area (Å²) in [6, 6.07) is 0. The van der Waals surface area contributed by atoms with E-state index >= 15 is 0 Å². The minimum atomic E-state index is -0.209. The summed E-state index contributed by atoms with van der Waals surface area (Å²) in [4.78, 5) is 24.5. The molecule has 0 aliphatic carbocycles. The van der Waals surface area contributed by atoms with Gasteiger partial charge in [-0.2, -0.15) is 0 Å². The first kappa shape index (κ1) is 15.9. The van der Waals surface area contributed by atoms with Gasteiger partial charge in [-0.3, -0.25) is 9.59 Å². The number of nitrogens with zero attached hydrogens (tertiary/aromatic N) is 1. The second-order valence-electron chi connectivity index (χ2n) is 4.55. The maximum Gasteiger partial charge on any atom is 0.307 e. The quantitative estimate of drug-likeness (QED) is 0.453. The van der Waals surface area contributed by atoms with E-state index in [1.54, 1.807) is 7.11 Å². The van der Waals surface area contributed by atoms with Gasteiger partial charge in [0.1, 0.15) is 6.61 Å². The van der Waals surface area contributed by atoms with E-state index in [0.717, 1.165) is 32.5 Å². The van der Waals surface area contributed by atoms with Crippen molar-refractivity contribution in [2.45, 2.75) is 25.7 Å². The van der Waals surface area contributed by atoms with Gasteiger partial charge in [-0.1, -0.05) is 0 Å². The Morgan fingerprint density at radius 2 is 2.21 bits per heavy atom. The summed E-state index contributed by atoms with van der Waals surface area (Å²) >= 11 is 0. The molecule has 1 rings (SSSR count). The summed E-state index contributed by atoms with van der Waals surface area (Å²) in [5.41, 5.74) is 0. The molecule has 1 amide bonds. The van der Waals surface area contributed by atoms with Gasteiger partial charge in [0.25, 0.3) is 0 Å². The van der Waals surface area contributed by atoms with Crippen LogP contribution in [0.3, 0.4) is 0 Å². The highest BCUT2D eigenvalue weighted by molar-refractivity contribution is 5.77. The molecule has 0 atom stereocenters. The van der Waals surface area contributed by atoms with Crippen molar-refractivity contribution in [2.24, 2.45) is 0 Å². The van der Waals surface area contributed by atoms with Crippen molar-refractivity contribution < 1.29 is 19.1 Å². The lowest BCUT2D eigenvalue weighted by atomic mass is 10.3. The molecule has 1 heterocycles. The molecule has 110 valence electrons. The lowest BCUT2D eigenvalue weighted by Crippen LogP contribution is -2.29. The van der Waals surface area contributed by atoms with Gasteiger partial charge >= 0.3 is 5.97 Å². The summed E-state index contributed by atoms with van der Waals surface area (Å²) in [6.45, 7) is 3.87. The number of nitrogens with one attached hydrogen (secondary N) is 1. The fourth-order valence-electron chi connectivity index (χ4n) is 1.96. The van der Waals surface area contributed by atoms with Crippen LogP contribution in [0, 0.1) is 0 Å². The molecule has 1 N–H and O–H groups in total. The number of ether oxygens (including phenoxy) is 2. The number of hydrogen-bond acceptors (Lipinski definition) is 5. The van der Waals surface area contributed by atoms with Crippen LogP contribution in [0.5, 0.6) is 0 Å². The van der Waals surface area contributed by atoms with Crippen molar-refractivity contribution in [3.63, 3.8) is 0 Å². The topological polar surface area (TPSA) is 67.9 Å². The summed E-state index contributed by atoms with van der Waals surface area (Å²) in [6.07, 6.45) is 2.97. The predicted molar refractivity (Wildman–Crippen MR) is 70.8 cm³/mol. The van der Waals surface area contributed by atoms with E-state index in [1.807, 2.05) is 4.90 Å². The largest absolute Gasteiger partial charge is 0.463 e. The normalized spacial score (nSPS) is 15.0. The maximum absolute atomic E-state index is 11.3. The van der Waals surface area contributed by atoms with Crippen LogP contribution in [0.15, 0.2) is 0 Å². The van der Waals surface area contributed by atoms with E-state index in [0.29, 0.717) is 32.6 Å². The van der Waals surface area contributed by atoms with Gasteiger partial charge < -0.3 is 19.7 Å². The second kappa shape index (κ2) is 9.75. The maximum atomic E-state index is 11.3. The van der Waals surface area contributed by atoms with E-state index in [1.165, 1.54) is 0 Å². The Balaban J connectivity index is 1.88. The monoisotopic (exact) mass is 272 g/mol. The standard InChI is InChI=1S/C13H24N2O4/c1-18-10-11-19-13(17)5-7-14-6-3-9-15-8-2-4-12(15)16/h14H,2-11H2,1H3. The highest BCUT2D eigenvalue weighted by atomic mass is 16.6. The zero-order chi connectivity index (χ0) is 13.9. The number of carbonyl (C=O) groups excluding carboxylic acids is 2. The van der Waals surface area contributed by atoms with E-state index in [9.17, 15) is 9.59 Å². The Bertz CT molecular complexity index is 284. The van der Waals surface area contributed by atoms with E-state index in [-0.39, 0.29) is 11.9 Å². The van der Waals surface area contributed by atoms with Crippen LogP contribution in [-0.2, 0) is 19.1 Å². The molecule has 1 saturated heterocycles. The van der Waals surface area contributed by atoms with Crippen molar-refractivity contribution in [3.8, 4) is 0 Å². The average molecular weight is 272 g/mol. The van der Waals surface area contributed by atoms with Gasteiger partial charge in [-0.25, -0.2) is 0 Å². The van der Waals surface area contributed by atoms with Gasteiger partial charge in [-0.15, -0.1) is 0 Å². The second-order valence-corrected chi connectivity index (χ2v) is 4.55. The Hall–Kier alpha value is -1.14. The third-order valence-corrected chi connectivity index (χ3v) is 3.01. The van der Waals surface area contributed by atoms with Gasteiger partial charge in [0.15, 0.2) is 0 Å². The fourth-order valence-corrected chi connectivity index (χ4v) is 1.96. The zero-order valence-corrected chi connectivity index (χ0v) is 11.7. The lowest BCUT2D eigenvalue weighted by molar-refractivity contribution is -0.144. The van der Waals surface area contributed by atoms with E-state index in [4.69, 9.17) is 9.47 Å². The summed E-state index contributed by atoms with van der Waals surface area (Å²) in [7, 11) is 1.57. The van der Waals surface area contributed by atoms with Gasteiger partial charge in [0.05, 0.1) is 13.0 Å². The van der Waals surface area contributed by atoms with Crippen LogP contribution in [0.2, 0.25) is 0 Å². The molecule has 0 aromatic carbocycles. The minimum Gasteiger partial charge on any atom is -0.463 e. The minimum absolute atomic E-state index is 0.209. The molecule has 0 spiro atoms. The Kier molecular flexibility index (Phi) is 8.16. The van der Waals surface area contributed by atoms with Crippen LogP contribution in [0.25, 0.3) is 0 Å². The molecule has 19 heavy (non-hydrogen) atoms. The molecule has 0 saturated carbocycles. The molecule has 0 aromatic heterocycles. The average Bonchev–Trinajstić information content (AvgIpc) is 2.80. The molecule has 0 unspecified atom stereocenters.